The summed E-state index contributed by atoms with van der Waals surface area (Å²) in [6, 6.07) is 5.92. The average Bonchev–Trinajstić information content (AvgIpc) is 3.34. The molecular formula is C22H29Cl2N3O2. The van der Waals surface area contributed by atoms with E-state index >= 15 is 0 Å². The summed E-state index contributed by atoms with van der Waals surface area (Å²) >= 11 is 12.3. The standard InChI is InChI=1S/C22H29Cl2N3O2/c1-22(7-8-22)21(29)26-9-5-14(6-10-26)20(28)27-12-16(19(13-27)25-2)15-3-4-17(23)18(24)11-15/h3-4,11,14,16,19,25H,5-10,12-13H2,1-2H3/t16-,19-/m1/s1. The Kier molecular flexibility index (Phi) is 5.84. The van der Waals surface area contributed by atoms with Crippen molar-refractivity contribution in [1.82, 2.24) is 15.1 Å². The van der Waals surface area contributed by atoms with Crippen molar-refractivity contribution < 1.29 is 9.59 Å². The van der Waals surface area contributed by atoms with Crippen molar-refractivity contribution in [2.45, 2.75) is 44.6 Å². The molecular weight excluding hydrogens is 409 g/mol. The van der Waals surface area contributed by atoms with E-state index in [2.05, 4.69) is 12.2 Å². The number of hydrogen-bond donors (Lipinski definition) is 1. The molecule has 1 N–H and O–H groups in total. The van der Waals surface area contributed by atoms with Crippen LogP contribution >= 0.6 is 23.2 Å². The van der Waals surface area contributed by atoms with Crippen molar-refractivity contribution in [1.29, 1.82) is 0 Å². The van der Waals surface area contributed by atoms with E-state index in [1.54, 1.807) is 0 Å². The Labute approximate surface area is 182 Å². The zero-order chi connectivity index (χ0) is 20.8. The Morgan fingerprint density at radius 3 is 2.34 bits per heavy atom. The Balaban J connectivity index is 1.38. The van der Waals surface area contributed by atoms with Gasteiger partial charge in [-0.15, -0.1) is 0 Å². The normalized spacial score (nSPS) is 26.6. The molecule has 1 aliphatic carbocycles. The van der Waals surface area contributed by atoms with Crippen molar-refractivity contribution >= 4 is 35.0 Å². The average molecular weight is 438 g/mol. The second-order valence-corrected chi connectivity index (χ2v) is 9.86. The minimum Gasteiger partial charge on any atom is -0.342 e. The third-order valence-electron chi connectivity index (χ3n) is 7.02. The van der Waals surface area contributed by atoms with Gasteiger partial charge in [-0.05, 0) is 50.4 Å². The molecule has 4 rings (SSSR count). The Bertz CT molecular complexity index is 803. The number of halogens is 2. The lowest BCUT2D eigenvalue weighted by atomic mass is 9.93. The van der Waals surface area contributed by atoms with Crippen LogP contribution in [-0.2, 0) is 9.59 Å². The quantitative estimate of drug-likeness (QED) is 0.783. The lowest BCUT2D eigenvalue weighted by molar-refractivity contribution is -0.142. The highest BCUT2D eigenvalue weighted by atomic mass is 35.5. The number of likely N-dealkylation sites (N-methyl/N-ethyl adjacent to an activating group) is 1. The van der Waals surface area contributed by atoms with Gasteiger partial charge in [-0.3, -0.25) is 9.59 Å². The van der Waals surface area contributed by atoms with Gasteiger partial charge in [0.2, 0.25) is 11.8 Å². The molecule has 2 amide bonds. The Morgan fingerprint density at radius 1 is 1.07 bits per heavy atom. The summed E-state index contributed by atoms with van der Waals surface area (Å²) in [5.74, 6) is 0.698. The van der Waals surface area contributed by atoms with Crippen LogP contribution in [0.1, 0.15) is 44.1 Å². The number of nitrogens with zero attached hydrogens (tertiary/aromatic N) is 2. The predicted molar refractivity (Wildman–Crippen MR) is 115 cm³/mol. The zero-order valence-electron chi connectivity index (χ0n) is 17.1. The molecule has 7 heteroatoms. The maximum Gasteiger partial charge on any atom is 0.228 e. The zero-order valence-corrected chi connectivity index (χ0v) is 18.6. The number of amides is 2. The third kappa shape index (κ3) is 4.14. The van der Waals surface area contributed by atoms with Gasteiger partial charge in [0, 0.05) is 49.5 Å². The van der Waals surface area contributed by atoms with Crippen LogP contribution in [0.15, 0.2) is 18.2 Å². The summed E-state index contributed by atoms with van der Waals surface area (Å²) in [6.45, 7) is 4.82. The van der Waals surface area contributed by atoms with Gasteiger partial charge < -0.3 is 15.1 Å². The fourth-order valence-corrected chi connectivity index (χ4v) is 5.03. The smallest absolute Gasteiger partial charge is 0.228 e. The molecule has 0 bridgehead atoms. The highest BCUT2D eigenvalue weighted by molar-refractivity contribution is 6.42. The van der Waals surface area contributed by atoms with Crippen LogP contribution in [0.4, 0.5) is 0 Å². The molecule has 0 radical (unpaired) electrons. The van der Waals surface area contributed by atoms with Crippen molar-refractivity contribution in [3.63, 3.8) is 0 Å². The molecule has 29 heavy (non-hydrogen) atoms. The van der Waals surface area contributed by atoms with Crippen LogP contribution in [0, 0.1) is 11.3 Å². The molecule has 2 aliphatic heterocycles. The van der Waals surface area contributed by atoms with Gasteiger partial charge in [-0.25, -0.2) is 0 Å². The third-order valence-corrected chi connectivity index (χ3v) is 7.76. The van der Waals surface area contributed by atoms with E-state index < -0.39 is 0 Å². The first-order chi connectivity index (χ1) is 13.8. The molecule has 158 valence electrons. The SMILES string of the molecule is CN[C@@H]1CN(C(=O)C2CCN(C(=O)C3(C)CC3)CC2)C[C@@H]1c1ccc(Cl)c(Cl)c1. The molecule has 3 fully saturated rings. The Hall–Kier alpha value is -1.30. The van der Waals surface area contributed by atoms with E-state index in [1.165, 1.54) is 0 Å². The lowest BCUT2D eigenvalue weighted by Gasteiger charge is -2.34. The van der Waals surface area contributed by atoms with Crippen molar-refractivity contribution in [2.75, 3.05) is 33.2 Å². The summed E-state index contributed by atoms with van der Waals surface area (Å²) in [7, 11) is 1.94. The number of rotatable bonds is 4. The fraction of sp³-hybridized carbons (Fsp3) is 0.636. The number of benzene rings is 1. The van der Waals surface area contributed by atoms with E-state index in [1.807, 2.05) is 35.0 Å². The van der Waals surface area contributed by atoms with Gasteiger partial charge in [0.15, 0.2) is 0 Å². The van der Waals surface area contributed by atoms with Gasteiger partial charge in [0.1, 0.15) is 0 Å². The first-order valence-electron chi connectivity index (χ1n) is 10.5. The van der Waals surface area contributed by atoms with Crippen LogP contribution in [-0.4, -0.2) is 60.9 Å². The highest BCUT2D eigenvalue weighted by Crippen LogP contribution is 2.47. The van der Waals surface area contributed by atoms with E-state index in [-0.39, 0.29) is 35.1 Å². The molecule has 0 unspecified atom stereocenters. The van der Waals surface area contributed by atoms with Crippen LogP contribution in [0.2, 0.25) is 10.0 Å². The maximum absolute atomic E-state index is 13.2. The summed E-state index contributed by atoms with van der Waals surface area (Å²) in [5, 5.41) is 4.45. The molecule has 2 saturated heterocycles. The molecule has 0 aromatic heterocycles. The van der Waals surface area contributed by atoms with Gasteiger partial charge in [0.05, 0.1) is 10.0 Å². The number of likely N-dealkylation sites (tertiary alicyclic amines) is 2. The predicted octanol–water partition coefficient (Wildman–Crippen LogP) is 3.55. The monoisotopic (exact) mass is 437 g/mol. The summed E-state index contributed by atoms with van der Waals surface area (Å²) < 4.78 is 0. The summed E-state index contributed by atoms with van der Waals surface area (Å²) in [5.41, 5.74) is 0.978. The first kappa shape index (κ1) is 21.0. The molecule has 0 spiro atoms. The van der Waals surface area contributed by atoms with Crippen molar-refractivity contribution in [3.05, 3.63) is 33.8 Å². The van der Waals surface area contributed by atoms with Crippen LogP contribution in [0.5, 0.6) is 0 Å². The van der Waals surface area contributed by atoms with Crippen LogP contribution in [0.25, 0.3) is 0 Å². The number of carbonyl (C=O) groups excluding carboxylic acids is 2. The van der Waals surface area contributed by atoms with E-state index in [0.29, 0.717) is 36.2 Å². The van der Waals surface area contributed by atoms with E-state index in [0.717, 1.165) is 31.2 Å². The van der Waals surface area contributed by atoms with Crippen LogP contribution < -0.4 is 5.32 Å². The van der Waals surface area contributed by atoms with E-state index in [9.17, 15) is 9.59 Å². The second-order valence-electron chi connectivity index (χ2n) is 9.05. The highest BCUT2D eigenvalue weighted by Gasteiger charge is 2.48. The minimum atomic E-state index is -0.126. The molecule has 5 nitrogen and oxygen atoms in total. The molecule has 1 aromatic rings. The summed E-state index contributed by atoms with van der Waals surface area (Å²) in [6.07, 6.45) is 3.53. The molecule has 3 aliphatic rings. The maximum atomic E-state index is 13.2. The van der Waals surface area contributed by atoms with Gasteiger partial charge in [-0.1, -0.05) is 36.2 Å². The fourth-order valence-electron chi connectivity index (χ4n) is 4.73. The number of carbonyl (C=O) groups is 2. The van der Waals surface area contributed by atoms with E-state index in [4.69, 9.17) is 23.2 Å². The molecule has 2 atom stereocenters. The topological polar surface area (TPSA) is 52.7 Å². The lowest BCUT2D eigenvalue weighted by Crippen LogP contribution is -2.46. The molecule has 1 saturated carbocycles. The molecule has 1 aromatic carbocycles. The van der Waals surface area contributed by atoms with Crippen molar-refractivity contribution in [3.8, 4) is 0 Å². The number of nitrogens with one attached hydrogen (secondary N) is 1. The number of hydrogen-bond acceptors (Lipinski definition) is 3. The van der Waals surface area contributed by atoms with Gasteiger partial charge in [0.25, 0.3) is 0 Å². The summed E-state index contributed by atoms with van der Waals surface area (Å²) in [4.78, 5) is 29.7. The number of piperidine rings is 1. The second kappa shape index (κ2) is 8.09. The largest absolute Gasteiger partial charge is 0.342 e. The van der Waals surface area contributed by atoms with Crippen molar-refractivity contribution in [2.24, 2.45) is 11.3 Å². The Morgan fingerprint density at radius 2 is 1.76 bits per heavy atom. The van der Waals surface area contributed by atoms with Gasteiger partial charge >= 0.3 is 0 Å². The van der Waals surface area contributed by atoms with Crippen LogP contribution in [0.3, 0.4) is 0 Å². The van der Waals surface area contributed by atoms with Gasteiger partial charge in [-0.2, -0.15) is 0 Å². The first-order valence-corrected chi connectivity index (χ1v) is 11.3. The minimum absolute atomic E-state index is 0.0103. The molecule has 2 heterocycles.